The van der Waals surface area contributed by atoms with Crippen molar-refractivity contribution in [3.63, 3.8) is 0 Å². The summed E-state index contributed by atoms with van der Waals surface area (Å²) in [4.78, 5) is 16.0. The molecule has 0 N–H and O–H groups in total. The molecule has 0 fully saturated rings. The molecule has 0 bridgehead atoms. The second-order valence-electron chi connectivity index (χ2n) is 4.86. The second-order valence-corrected chi connectivity index (χ2v) is 5.30. The first-order chi connectivity index (χ1) is 9.58. The van der Waals surface area contributed by atoms with Gasteiger partial charge in [0.05, 0.1) is 5.56 Å². The minimum atomic E-state index is -0.369. The maximum atomic E-state index is 12.1. The highest BCUT2D eigenvalue weighted by molar-refractivity contribution is 6.30. The van der Waals surface area contributed by atoms with Gasteiger partial charge >= 0.3 is 5.97 Å². The van der Waals surface area contributed by atoms with Gasteiger partial charge in [-0.1, -0.05) is 37.6 Å². The Hall–Kier alpha value is -1.87. The van der Waals surface area contributed by atoms with Gasteiger partial charge in [-0.15, -0.1) is 0 Å². The molecule has 0 aliphatic heterocycles. The summed E-state index contributed by atoms with van der Waals surface area (Å²) in [5, 5.41) is 0.662. The molecule has 20 heavy (non-hydrogen) atoms. The first-order valence-corrected chi connectivity index (χ1v) is 6.82. The number of carbonyl (C=O) groups excluding carboxylic acids is 1. The molecule has 0 saturated heterocycles. The number of pyridine rings is 1. The molecule has 2 rings (SSSR count). The maximum absolute atomic E-state index is 12.1. The van der Waals surface area contributed by atoms with E-state index in [1.165, 1.54) is 6.20 Å². The summed E-state index contributed by atoms with van der Waals surface area (Å²) in [6.45, 7) is 4.02. The average molecular weight is 290 g/mol. The van der Waals surface area contributed by atoms with Gasteiger partial charge in [-0.2, -0.15) is 0 Å². The number of hydrogen-bond acceptors (Lipinski definition) is 3. The van der Waals surface area contributed by atoms with Crippen LogP contribution in [-0.4, -0.2) is 11.0 Å². The first kappa shape index (κ1) is 14.5. The number of hydrogen-bond donors (Lipinski definition) is 0. The van der Waals surface area contributed by atoms with E-state index in [0.29, 0.717) is 10.6 Å². The van der Waals surface area contributed by atoms with E-state index in [1.54, 1.807) is 30.5 Å². The van der Waals surface area contributed by atoms with Gasteiger partial charge in [-0.05, 0) is 35.7 Å². The molecule has 3 nitrogen and oxygen atoms in total. The number of rotatable bonds is 4. The van der Waals surface area contributed by atoms with Crippen LogP contribution in [0.5, 0.6) is 0 Å². The van der Waals surface area contributed by atoms with E-state index in [1.807, 2.05) is 26.0 Å². The van der Waals surface area contributed by atoms with Gasteiger partial charge < -0.3 is 4.74 Å². The van der Waals surface area contributed by atoms with Gasteiger partial charge in [-0.25, -0.2) is 4.79 Å². The minimum Gasteiger partial charge on any atom is -0.454 e. The fourth-order valence-electron chi connectivity index (χ4n) is 1.91. The molecule has 1 heterocycles. The molecular weight excluding hydrogens is 274 g/mol. The van der Waals surface area contributed by atoms with Crippen molar-refractivity contribution in [1.82, 2.24) is 4.98 Å². The molecule has 1 aromatic heterocycles. The standard InChI is InChI=1S/C16H16ClNO2/c1-11(2)15(12-5-7-14(17)8-6-12)20-16(19)13-4-3-9-18-10-13/h3-11,15H,1-2H3/t15-/m1/s1. The quantitative estimate of drug-likeness (QED) is 0.788. The van der Waals surface area contributed by atoms with Crippen LogP contribution in [-0.2, 0) is 4.74 Å². The molecule has 0 saturated carbocycles. The lowest BCUT2D eigenvalue weighted by molar-refractivity contribution is 0.0176. The first-order valence-electron chi connectivity index (χ1n) is 6.44. The van der Waals surface area contributed by atoms with Crippen molar-refractivity contribution in [3.8, 4) is 0 Å². The number of benzene rings is 1. The summed E-state index contributed by atoms with van der Waals surface area (Å²) in [5.41, 5.74) is 1.38. The molecule has 0 unspecified atom stereocenters. The molecule has 0 spiro atoms. The molecule has 1 aromatic carbocycles. The number of esters is 1. The summed E-state index contributed by atoms with van der Waals surface area (Å²) in [6.07, 6.45) is 2.82. The molecule has 104 valence electrons. The third-order valence-corrected chi connectivity index (χ3v) is 3.19. The van der Waals surface area contributed by atoms with Crippen LogP contribution in [0.1, 0.15) is 35.9 Å². The fraction of sp³-hybridized carbons (Fsp3) is 0.250. The van der Waals surface area contributed by atoms with Crippen LogP contribution in [0, 0.1) is 5.92 Å². The van der Waals surface area contributed by atoms with Gasteiger partial charge in [0.25, 0.3) is 0 Å². The van der Waals surface area contributed by atoms with Gasteiger partial charge in [0.15, 0.2) is 0 Å². The summed E-state index contributed by atoms with van der Waals surface area (Å²) >= 11 is 5.88. The number of aromatic nitrogens is 1. The van der Waals surface area contributed by atoms with E-state index in [9.17, 15) is 4.79 Å². The third-order valence-electron chi connectivity index (χ3n) is 2.94. The van der Waals surface area contributed by atoms with Crippen LogP contribution in [0.25, 0.3) is 0 Å². The van der Waals surface area contributed by atoms with E-state index in [4.69, 9.17) is 16.3 Å². The number of halogens is 1. The Balaban J connectivity index is 2.18. The third kappa shape index (κ3) is 3.58. The van der Waals surface area contributed by atoms with Crippen LogP contribution >= 0.6 is 11.6 Å². The van der Waals surface area contributed by atoms with Crippen molar-refractivity contribution in [1.29, 1.82) is 0 Å². The monoisotopic (exact) mass is 289 g/mol. The summed E-state index contributed by atoms with van der Waals surface area (Å²) in [6, 6.07) is 10.7. The molecule has 0 radical (unpaired) electrons. The molecule has 0 amide bonds. The van der Waals surface area contributed by atoms with Gasteiger partial charge in [0.1, 0.15) is 6.10 Å². The molecule has 4 heteroatoms. The molecule has 2 aromatic rings. The van der Waals surface area contributed by atoms with Gasteiger partial charge in [-0.3, -0.25) is 4.98 Å². The zero-order chi connectivity index (χ0) is 14.5. The summed E-state index contributed by atoms with van der Waals surface area (Å²) < 4.78 is 5.60. The predicted molar refractivity (Wildman–Crippen MR) is 78.7 cm³/mol. The van der Waals surface area contributed by atoms with Gasteiger partial charge in [0, 0.05) is 17.4 Å². The number of carbonyl (C=O) groups is 1. The smallest absolute Gasteiger partial charge is 0.340 e. The SMILES string of the molecule is CC(C)[C@@H](OC(=O)c1cccnc1)c1ccc(Cl)cc1. The zero-order valence-electron chi connectivity index (χ0n) is 11.4. The Bertz CT molecular complexity index is 567. The zero-order valence-corrected chi connectivity index (χ0v) is 12.2. The normalized spacial score (nSPS) is 12.2. The average Bonchev–Trinajstić information content (AvgIpc) is 2.46. The number of ether oxygens (including phenoxy) is 1. The highest BCUT2D eigenvalue weighted by Crippen LogP contribution is 2.27. The Labute approximate surface area is 123 Å². The van der Waals surface area contributed by atoms with Crippen LogP contribution in [0.4, 0.5) is 0 Å². The highest BCUT2D eigenvalue weighted by Gasteiger charge is 2.21. The van der Waals surface area contributed by atoms with E-state index in [2.05, 4.69) is 4.98 Å². The molecule has 0 aliphatic rings. The van der Waals surface area contributed by atoms with E-state index in [0.717, 1.165) is 5.56 Å². The summed E-state index contributed by atoms with van der Waals surface area (Å²) in [7, 11) is 0. The van der Waals surface area contributed by atoms with Crippen molar-refractivity contribution in [2.75, 3.05) is 0 Å². The number of nitrogens with zero attached hydrogens (tertiary/aromatic N) is 1. The summed E-state index contributed by atoms with van der Waals surface area (Å²) in [5.74, 6) is -0.205. The highest BCUT2D eigenvalue weighted by atomic mass is 35.5. The van der Waals surface area contributed by atoms with Crippen molar-refractivity contribution in [2.45, 2.75) is 20.0 Å². The maximum Gasteiger partial charge on any atom is 0.340 e. The van der Waals surface area contributed by atoms with Crippen LogP contribution in [0.2, 0.25) is 5.02 Å². The Morgan fingerprint density at radius 3 is 2.45 bits per heavy atom. The Morgan fingerprint density at radius 2 is 1.90 bits per heavy atom. The lowest BCUT2D eigenvalue weighted by Gasteiger charge is -2.22. The fourth-order valence-corrected chi connectivity index (χ4v) is 2.03. The van der Waals surface area contributed by atoms with Crippen molar-refractivity contribution in [2.24, 2.45) is 5.92 Å². The van der Waals surface area contributed by atoms with Crippen LogP contribution in [0.3, 0.4) is 0 Å². The van der Waals surface area contributed by atoms with E-state index in [-0.39, 0.29) is 18.0 Å². The van der Waals surface area contributed by atoms with Crippen molar-refractivity contribution >= 4 is 17.6 Å². The van der Waals surface area contributed by atoms with E-state index < -0.39 is 0 Å². The largest absolute Gasteiger partial charge is 0.454 e. The van der Waals surface area contributed by atoms with E-state index >= 15 is 0 Å². The van der Waals surface area contributed by atoms with Crippen LogP contribution < -0.4 is 0 Å². The van der Waals surface area contributed by atoms with Gasteiger partial charge in [0.2, 0.25) is 0 Å². The lowest BCUT2D eigenvalue weighted by atomic mass is 9.99. The predicted octanol–water partition coefficient (Wildman–Crippen LogP) is 4.29. The minimum absolute atomic E-state index is 0.164. The van der Waals surface area contributed by atoms with Crippen molar-refractivity contribution < 1.29 is 9.53 Å². The molecular formula is C16H16ClNO2. The Morgan fingerprint density at radius 1 is 1.20 bits per heavy atom. The molecule has 0 aliphatic carbocycles. The Kier molecular flexibility index (Phi) is 4.74. The lowest BCUT2D eigenvalue weighted by Crippen LogP contribution is -2.16. The second kappa shape index (κ2) is 6.53. The van der Waals surface area contributed by atoms with Crippen molar-refractivity contribution in [3.05, 3.63) is 64.9 Å². The topological polar surface area (TPSA) is 39.2 Å². The molecule has 1 atom stereocenters. The van der Waals surface area contributed by atoms with Crippen LogP contribution in [0.15, 0.2) is 48.8 Å².